The molecule has 7 nitrogen and oxygen atoms in total. The van der Waals surface area contributed by atoms with Gasteiger partial charge in [0.05, 0.1) is 34.1 Å². The lowest BCUT2D eigenvalue weighted by Gasteiger charge is -2.44. The molecular weight excluding hydrogens is 490 g/mol. The summed E-state index contributed by atoms with van der Waals surface area (Å²) in [5, 5.41) is 4.54. The largest absolute Gasteiger partial charge is 0.457 e. The van der Waals surface area contributed by atoms with E-state index in [4.69, 9.17) is 21.1 Å². The van der Waals surface area contributed by atoms with Gasteiger partial charge in [0.25, 0.3) is 5.91 Å². The third-order valence-corrected chi connectivity index (χ3v) is 7.54. The number of H-pyrrole nitrogens is 1. The SMILES string of the molecule is Cc1cc2c(c3c(C(=O)c4ccc(Oc5ccccc5)cc4Cl)c[nH]c13)NC1(CCCOC1)C(=O)N2C. The minimum Gasteiger partial charge on any atom is -0.457 e. The van der Waals surface area contributed by atoms with Crippen molar-refractivity contribution in [2.45, 2.75) is 25.3 Å². The van der Waals surface area contributed by atoms with Gasteiger partial charge in [-0.1, -0.05) is 29.8 Å². The highest BCUT2D eigenvalue weighted by molar-refractivity contribution is 6.36. The summed E-state index contributed by atoms with van der Waals surface area (Å²) in [7, 11) is 1.78. The van der Waals surface area contributed by atoms with E-state index in [1.165, 1.54) is 0 Å². The van der Waals surface area contributed by atoms with Crippen LogP contribution in [0.2, 0.25) is 5.02 Å². The molecule has 0 bridgehead atoms. The number of halogens is 1. The summed E-state index contributed by atoms with van der Waals surface area (Å²) in [5.74, 6) is 0.979. The summed E-state index contributed by atoms with van der Waals surface area (Å²) in [5.41, 5.74) is 3.25. The molecule has 2 N–H and O–H groups in total. The fraction of sp³-hybridized carbons (Fsp3) is 0.241. The topological polar surface area (TPSA) is 83.7 Å². The van der Waals surface area contributed by atoms with Crippen molar-refractivity contribution in [1.82, 2.24) is 4.98 Å². The zero-order valence-corrected chi connectivity index (χ0v) is 21.3. The zero-order chi connectivity index (χ0) is 25.7. The predicted octanol–water partition coefficient (Wildman–Crippen LogP) is 6.09. The van der Waals surface area contributed by atoms with Gasteiger partial charge in [-0.2, -0.15) is 0 Å². The molecular formula is C29H26ClN3O4. The second kappa shape index (κ2) is 8.94. The number of para-hydroxylation sites is 1. The highest BCUT2D eigenvalue weighted by Crippen LogP contribution is 2.45. The van der Waals surface area contributed by atoms with Gasteiger partial charge in [-0.05, 0) is 55.7 Å². The van der Waals surface area contributed by atoms with E-state index in [9.17, 15) is 9.59 Å². The zero-order valence-electron chi connectivity index (χ0n) is 20.6. The minimum absolute atomic E-state index is 0.0288. The molecule has 3 heterocycles. The maximum absolute atomic E-state index is 13.8. The van der Waals surface area contributed by atoms with Crippen molar-refractivity contribution in [2.75, 3.05) is 30.5 Å². The van der Waals surface area contributed by atoms with E-state index in [0.29, 0.717) is 40.7 Å². The van der Waals surface area contributed by atoms with E-state index in [2.05, 4.69) is 10.3 Å². The first-order chi connectivity index (χ1) is 17.9. The van der Waals surface area contributed by atoms with Gasteiger partial charge in [0.15, 0.2) is 5.78 Å². The lowest BCUT2D eigenvalue weighted by atomic mass is 9.86. The van der Waals surface area contributed by atoms with Gasteiger partial charge >= 0.3 is 0 Å². The number of ketones is 1. The first-order valence-electron chi connectivity index (χ1n) is 12.2. The van der Waals surface area contributed by atoms with Gasteiger partial charge in [0.2, 0.25) is 0 Å². The van der Waals surface area contributed by atoms with Crippen LogP contribution in [0.25, 0.3) is 10.9 Å². The summed E-state index contributed by atoms with van der Waals surface area (Å²) in [4.78, 5) is 32.2. The molecule has 1 spiro atoms. The van der Waals surface area contributed by atoms with Crippen LogP contribution in [0.3, 0.4) is 0 Å². The Balaban J connectivity index is 1.42. The molecule has 2 aliphatic heterocycles. The molecule has 8 heteroatoms. The van der Waals surface area contributed by atoms with E-state index in [0.717, 1.165) is 34.3 Å². The van der Waals surface area contributed by atoms with Gasteiger partial charge < -0.3 is 24.7 Å². The fourth-order valence-electron chi connectivity index (χ4n) is 5.34. The van der Waals surface area contributed by atoms with Crippen LogP contribution in [0.4, 0.5) is 11.4 Å². The summed E-state index contributed by atoms with van der Waals surface area (Å²) in [6, 6.07) is 16.4. The van der Waals surface area contributed by atoms with Crippen LogP contribution >= 0.6 is 11.6 Å². The quantitative estimate of drug-likeness (QED) is 0.321. The van der Waals surface area contributed by atoms with Crippen LogP contribution in [0, 0.1) is 6.92 Å². The molecule has 2 aliphatic rings. The van der Waals surface area contributed by atoms with Crippen molar-refractivity contribution in [1.29, 1.82) is 0 Å². The van der Waals surface area contributed by atoms with E-state index in [1.807, 2.05) is 43.3 Å². The van der Waals surface area contributed by atoms with Crippen LogP contribution in [-0.4, -0.2) is 42.5 Å². The minimum atomic E-state index is -0.853. The average molecular weight is 516 g/mol. The summed E-state index contributed by atoms with van der Waals surface area (Å²) in [6.45, 7) is 2.88. The monoisotopic (exact) mass is 515 g/mol. The van der Waals surface area contributed by atoms with Gasteiger partial charge in [0, 0.05) is 36.9 Å². The van der Waals surface area contributed by atoms with Crippen molar-refractivity contribution in [2.24, 2.45) is 0 Å². The first kappa shape index (κ1) is 23.6. The highest BCUT2D eigenvalue weighted by Gasteiger charge is 2.47. The second-order valence-electron chi connectivity index (χ2n) is 9.65. The number of nitrogens with zero attached hydrogens (tertiary/aromatic N) is 1. The Labute approximate surface area is 219 Å². The number of anilines is 2. The van der Waals surface area contributed by atoms with E-state index in [1.54, 1.807) is 36.3 Å². The molecule has 1 atom stereocenters. The number of aromatic amines is 1. The number of carbonyl (C=O) groups excluding carboxylic acids is 2. The molecule has 0 radical (unpaired) electrons. The normalized spacial score (nSPS) is 19.1. The molecule has 1 unspecified atom stereocenters. The van der Waals surface area contributed by atoms with Crippen molar-refractivity contribution in [3.63, 3.8) is 0 Å². The van der Waals surface area contributed by atoms with Gasteiger partial charge in [-0.15, -0.1) is 0 Å². The molecule has 1 aromatic heterocycles. The molecule has 1 saturated heterocycles. The molecule has 4 aromatic rings. The molecule has 1 amide bonds. The standard InChI is InChI=1S/C29H26ClN3O4/c1-17-13-23-26(32-29(28(35)33(23)2)11-6-12-36-16-29)24-21(15-31-25(17)24)27(34)20-10-9-19(14-22(20)30)37-18-7-4-3-5-8-18/h3-5,7-10,13-15,31-32H,6,11-12,16H2,1-2H3. The number of amides is 1. The number of nitrogens with one attached hydrogen (secondary N) is 2. The van der Waals surface area contributed by atoms with Crippen molar-refractivity contribution in [3.05, 3.63) is 82.5 Å². The van der Waals surface area contributed by atoms with E-state index < -0.39 is 5.54 Å². The Morgan fingerprint density at radius 1 is 1.11 bits per heavy atom. The third kappa shape index (κ3) is 3.86. The number of benzene rings is 3. The van der Waals surface area contributed by atoms with Crippen molar-refractivity contribution in [3.8, 4) is 11.5 Å². The Morgan fingerprint density at radius 3 is 2.65 bits per heavy atom. The second-order valence-corrected chi connectivity index (χ2v) is 10.1. The number of aromatic nitrogens is 1. The van der Waals surface area contributed by atoms with Crippen LogP contribution < -0.4 is 15.0 Å². The summed E-state index contributed by atoms with van der Waals surface area (Å²) in [6.07, 6.45) is 3.16. The predicted molar refractivity (Wildman–Crippen MR) is 144 cm³/mol. The van der Waals surface area contributed by atoms with Crippen LogP contribution in [-0.2, 0) is 9.53 Å². The number of hydrogen-bond donors (Lipinski definition) is 2. The number of ether oxygens (including phenoxy) is 2. The lowest BCUT2D eigenvalue weighted by Crippen LogP contribution is -2.60. The molecule has 0 saturated carbocycles. The summed E-state index contributed by atoms with van der Waals surface area (Å²) < 4.78 is 11.6. The number of rotatable bonds is 4. The average Bonchev–Trinajstić information content (AvgIpc) is 3.36. The van der Waals surface area contributed by atoms with Crippen LogP contribution in [0.15, 0.2) is 60.8 Å². The smallest absolute Gasteiger partial charge is 0.254 e. The molecule has 0 aliphatic carbocycles. The van der Waals surface area contributed by atoms with E-state index >= 15 is 0 Å². The van der Waals surface area contributed by atoms with Crippen molar-refractivity contribution >= 4 is 45.6 Å². The van der Waals surface area contributed by atoms with Gasteiger partial charge in [-0.25, -0.2) is 0 Å². The molecule has 6 rings (SSSR count). The van der Waals surface area contributed by atoms with Crippen molar-refractivity contribution < 1.29 is 19.1 Å². The lowest BCUT2D eigenvalue weighted by molar-refractivity contribution is -0.127. The molecule has 188 valence electrons. The molecule has 1 fully saturated rings. The van der Waals surface area contributed by atoms with E-state index in [-0.39, 0.29) is 18.3 Å². The number of hydrogen-bond acceptors (Lipinski definition) is 5. The Morgan fingerprint density at radius 2 is 1.92 bits per heavy atom. The molecule has 3 aromatic carbocycles. The maximum atomic E-state index is 13.8. The third-order valence-electron chi connectivity index (χ3n) is 7.22. The number of fused-ring (bicyclic) bond motifs is 3. The van der Waals surface area contributed by atoms with Gasteiger partial charge in [0.1, 0.15) is 17.0 Å². The Bertz CT molecular complexity index is 1540. The summed E-state index contributed by atoms with van der Waals surface area (Å²) >= 11 is 6.60. The Kier molecular flexibility index (Phi) is 5.70. The number of carbonyl (C=O) groups is 2. The fourth-order valence-corrected chi connectivity index (χ4v) is 5.60. The Hall–Kier alpha value is -3.81. The van der Waals surface area contributed by atoms with Crippen LogP contribution in [0.5, 0.6) is 11.5 Å². The van der Waals surface area contributed by atoms with Crippen LogP contribution in [0.1, 0.15) is 34.3 Å². The highest BCUT2D eigenvalue weighted by atomic mass is 35.5. The van der Waals surface area contributed by atoms with Gasteiger partial charge in [-0.3, -0.25) is 9.59 Å². The number of aryl methyl sites for hydroxylation is 1. The first-order valence-corrected chi connectivity index (χ1v) is 12.6. The maximum Gasteiger partial charge on any atom is 0.254 e. The molecule has 37 heavy (non-hydrogen) atoms. The number of likely N-dealkylation sites (N-methyl/N-ethyl adjacent to an activating group) is 1.